The molecule has 0 saturated carbocycles. The van der Waals surface area contributed by atoms with E-state index in [9.17, 15) is 4.79 Å². The molecule has 1 fully saturated rings. The molecule has 0 aliphatic carbocycles. The highest BCUT2D eigenvalue weighted by atomic mass is 16.1. The maximum absolute atomic E-state index is 12.6. The molecule has 5 heteroatoms. The van der Waals surface area contributed by atoms with Crippen molar-refractivity contribution < 1.29 is 0 Å². The molecule has 0 amide bonds. The summed E-state index contributed by atoms with van der Waals surface area (Å²) in [5, 5.41) is 0. The number of benzene rings is 2. The zero-order chi connectivity index (χ0) is 19.1. The van der Waals surface area contributed by atoms with E-state index < -0.39 is 0 Å². The first-order chi connectivity index (χ1) is 13.7. The van der Waals surface area contributed by atoms with Crippen LogP contribution < -0.4 is 5.56 Å². The van der Waals surface area contributed by atoms with Crippen molar-refractivity contribution in [2.24, 2.45) is 0 Å². The Labute approximate surface area is 163 Å². The Morgan fingerprint density at radius 3 is 2.43 bits per heavy atom. The van der Waals surface area contributed by atoms with Crippen LogP contribution in [0.3, 0.4) is 0 Å². The zero-order valence-corrected chi connectivity index (χ0v) is 15.7. The molecule has 2 aromatic heterocycles. The van der Waals surface area contributed by atoms with Crippen molar-refractivity contribution in [3.05, 3.63) is 94.7 Å². The topological polar surface area (TPSA) is 53.4 Å². The average Bonchev–Trinajstić information content (AvgIpc) is 3.13. The second-order valence-electron chi connectivity index (χ2n) is 7.48. The Morgan fingerprint density at radius 1 is 1.04 bits per heavy atom. The fourth-order valence-electron chi connectivity index (χ4n) is 4.00. The average molecular weight is 370 g/mol. The lowest BCUT2D eigenvalue weighted by Crippen LogP contribution is -2.46. The lowest BCUT2D eigenvalue weighted by Gasteiger charge is -2.43. The second kappa shape index (κ2) is 6.77. The molecule has 3 heterocycles. The predicted molar refractivity (Wildman–Crippen MR) is 110 cm³/mol. The maximum Gasteiger partial charge on any atom is 0.274 e. The van der Waals surface area contributed by atoms with Gasteiger partial charge in [0.05, 0.1) is 11.9 Å². The van der Waals surface area contributed by atoms with Crippen LogP contribution in [0.25, 0.3) is 16.9 Å². The number of H-pyrrole nitrogens is 1. The molecule has 28 heavy (non-hydrogen) atoms. The van der Waals surface area contributed by atoms with Crippen LogP contribution in [0.2, 0.25) is 0 Å². The first-order valence-electron chi connectivity index (χ1n) is 9.65. The van der Waals surface area contributed by atoms with Gasteiger partial charge >= 0.3 is 0 Å². The van der Waals surface area contributed by atoms with E-state index in [2.05, 4.69) is 52.1 Å². The van der Waals surface area contributed by atoms with Crippen LogP contribution in [0.1, 0.15) is 30.1 Å². The Bertz CT molecular complexity index is 1160. The molecule has 2 aromatic carbocycles. The van der Waals surface area contributed by atoms with Crippen LogP contribution in [0, 0.1) is 0 Å². The van der Waals surface area contributed by atoms with E-state index in [4.69, 9.17) is 0 Å². The normalized spacial score (nSPS) is 16.2. The van der Waals surface area contributed by atoms with Gasteiger partial charge in [-0.15, -0.1) is 0 Å². The summed E-state index contributed by atoms with van der Waals surface area (Å²) in [6, 6.07) is 20.7. The van der Waals surface area contributed by atoms with Gasteiger partial charge in [0.1, 0.15) is 11.3 Å². The van der Waals surface area contributed by atoms with Gasteiger partial charge in [0, 0.05) is 36.8 Å². The molecular weight excluding hydrogens is 348 g/mol. The van der Waals surface area contributed by atoms with E-state index in [0.717, 1.165) is 30.2 Å². The highest BCUT2D eigenvalue weighted by Crippen LogP contribution is 2.33. The lowest BCUT2D eigenvalue weighted by molar-refractivity contribution is 0.0979. The van der Waals surface area contributed by atoms with Gasteiger partial charge in [0.25, 0.3) is 5.56 Å². The molecule has 1 atom stereocenters. The number of aromatic nitrogens is 3. The minimum Gasteiger partial charge on any atom is -0.321 e. The molecule has 1 unspecified atom stereocenters. The van der Waals surface area contributed by atoms with E-state index in [1.807, 2.05) is 40.9 Å². The molecule has 1 N–H and O–H groups in total. The number of hydrogen-bond donors (Lipinski definition) is 1. The van der Waals surface area contributed by atoms with E-state index in [1.165, 1.54) is 5.56 Å². The van der Waals surface area contributed by atoms with Gasteiger partial charge < -0.3 is 4.98 Å². The quantitative estimate of drug-likeness (QED) is 0.594. The molecule has 5 rings (SSSR count). The van der Waals surface area contributed by atoms with Crippen molar-refractivity contribution in [1.82, 2.24) is 19.3 Å². The summed E-state index contributed by atoms with van der Waals surface area (Å²) in [6.45, 7) is 4.15. The second-order valence-corrected chi connectivity index (χ2v) is 7.48. The molecule has 0 spiro atoms. The van der Waals surface area contributed by atoms with Crippen LogP contribution in [0.5, 0.6) is 0 Å². The van der Waals surface area contributed by atoms with Crippen molar-refractivity contribution >= 4 is 5.52 Å². The molecule has 0 bridgehead atoms. The Kier molecular flexibility index (Phi) is 4.10. The van der Waals surface area contributed by atoms with E-state index >= 15 is 0 Å². The van der Waals surface area contributed by atoms with Gasteiger partial charge in [-0.2, -0.15) is 0 Å². The molecule has 1 aliphatic rings. The number of fused-ring (bicyclic) bond motifs is 1. The molecule has 4 aromatic rings. The number of likely N-dealkylation sites (tertiary alicyclic amines) is 1. The molecule has 140 valence electrons. The summed E-state index contributed by atoms with van der Waals surface area (Å²) in [5.41, 5.74) is 3.77. The molecule has 5 nitrogen and oxygen atoms in total. The van der Waals surface area contributed by atoms with E-state index in [0.29, 0.717) is 11.4 Å². The summed E-state index contributed by atoms with van der Waals surface area (Å²) in [6.07, 6.45) is 3.66. The monoisotopic (exact) mass is 370 g/mol. The first kappa shape index (κ1) is 17.0. The number of nitrogens with one attached hydrogen (secondary N) is 1. The van der Waals surface area contributed by atoms with E-state index in [-0.39, 0.29) is 11.6 Å². The first-order valence-corrected chi connectivity index (χ1v) is 9.65. The van der Waals surface area contributed by atoms with Crippen LogP contribution in [-0.2, 0) is 0 Å². The minimum absolute atomic E-state index is 0.0980. The van der Waals surface area contributed by atoms with Crippen LogP contribution >= 0.6 is 0 Å². The SMILES string of the molecule is CC(c1cn2c(-c3ccccc3)ncc2c(=O)[nH]1)N1CC(c2ccccc2)C1. The standard InChI is InChI=1S/C23H22N4O/c1-16(26-13-19(14-26)17-8-4-2-5-9-17)20-15-27-21(23(28)25-20)12-24-22(27)18-10-6-3-7-11-18/h2-12,15-16,19H,13-14H2,1H3,(H,25,28). The summed E-state index contributed by atoms with van der Waals surface area (Å²) >= 11 is 0. The summed E-state index contributed by atoms with van der Waals surface area (Å²) < 4.78 is 1.91. The van der Waals surface area contributed by atoms with E-state index in [1.54, 1.807) is 6.20 Å². The maximum atomic E-state index is 12.6. The molecular formula is C23H22N4O. The predicted octanol–water partition coefficient (Wildman–Crippen LogP) is 3.85. The largest absolute Gasteiger partial charge is 0.321 e. The molecule has 0 radical (unpaired) electrons. The van der Waals surface area contributed by atoms with Gasteiger partial charge in [-0.1, -0.05) is 60.7 Å². The van der Waals surface area contributed by atoms with Gasteiger partial charge in [-0.3, -0.25) is 14.1 Å². The molecule has 1 saturated heterocycles. The lowest BCUT2D eigenvalue weighted by atomic mass is 9.90. The molecule has 1 aliphatic heterocycles. The third-order valence-corrected chi connectivity index (χ3v) is 5.77. The number of aromatic amines is 1. The third kappa shape index (κ3) is 2.84. The number of hydrogen-bond acceptors (Lipinski definition) is 3. The Hall–Kier alpha value is -3.18. The number of rotatable bonds is 4. The third-order valence-electron chi connectivity index (χ3n) is 5.77. The fraction of sp³-hybridized carbons (Fsp3) is 0.217. The van der Waals surface area contributed by atoms with Gasteiger partial charge in [-0.05, 0) is 12.5 Å². The van der Waals surface area contributed by atoms with Crippen LogP contribution in [0.15, 0.2) is 77.9 Å². The van der Waals surface area contributed by atoms with Gasteiger partial charge in [0.15, 0.2) is 0 Å². The van der Waals surface area contributed by atoms with Crippen molar-refractivity contribution in [3.63, 3.8) is 0 Å². The van der Waals surface area contributed by atoms with Gasteiger partial charge in [-0.25, -0.2) is 4.98 Å². The highest BCUT2D eigenvalue weighted by Gasteiger charge is 2.32. The number of imidazole rings is 1. The van der Waals surface area contributed by atoms with Crippen molar-refractivity contribution in [2.45, 2.75) is 18.9 Å². The Morgan fingerprint density at radius 2 is 1.71 bits per heavy atom. The van der Waals surface area contributed by atoms with Crippen molar-refractivity contribution in [1.29, 1.82) is 0 Å². The zero-order valence-electron chi connectivity index (χ0n) is 15.7. The Balaban J connectivity index is 1.44. The summed E-state index contributed by atoms with van der Waals surface area (Å²) in [5.74, 6) is 1.35. The highest BCUT2D eigenvalue weighted by molar-refractivity contribution is 5.61. The number of nitrogens with zero attached hydrogens (tertiary/aromatic N) is 3. The van der Waals surface area contributed by atoms with Crippen LogP contribution in [-0.4, -0.2) is 32.4 Å². The smallest absolute Gasteiger partial charge is 0.274 e. The summed E-state index contributed by atoms with van der Waals surface area (Å²) in [4.78, 5) is 22.6. The fourth-order valence-corrected chi connectivity index (χ4v) is 4.00. The van der Waals surface area contributed by atoms with Gasteiger partial charge in [0.2, 0.25) is 0 Å². The minimum atomic E-state index is -0.0980. The summed E-state index contributed by atoms with van der Waals surface area (Å²) in [7, 11) is 0. The van der Waals surface area contributed by atoms with Crippen molar-refractivity contribution in [3.8, 4) is 11.4 Å². The van der Waals surface area contributed by atoms with Crippen molar-refractivity contribution in [2.75, 3.05) is 13.1 Å². The van der Waals surface area contributed by atoms with Crippen LogP contribution in [0.4, 0.5) is 0 Å².